The number of hydrogen-bond acceptors (Lipinski definition) is 3. The molecule has 0 saturated carbocycles. The monoisotopic (exact) mass is 331 g/mol. The summed E-state index contributed by atoms with van der Waals surface area (Å²) < 4.78 is 18.3. The summed E-state index contributed by atoms with van der Waals surface area (Å²) >= 11 is 0. The molecule has 0 heterocycles. The van der Waals surface area contributed by atoms with E-state index in [9.17, 15) is 14.0 Å². The first-order valence-corrected chi connectivity index (χ1v) is 7.33. The highest BCUT2D eigenvalue weighted by atomic mass is 19.1. The molecule has 2 aromatic rings. The predicted octanol–water partition coefficient (Wildman–Crippen LogP) is 3.23. The molecule has 0 fully saturated rings. The largest absolute Gasteiger partial charge is 0.497 e. The molecule has 0 aromatic heterocycles. The Balaban J connectivity index is 2.20. The van der Waals surface area contributed by atoms with Crippen LogP contribution in [0.1, 0.15) is 17.3 Å². The van der Waals surface area contributed by atoms with Gasteiger partial charge in [-0.1, -0.05) is 6.07 Å². The Hall–Kier alpha value is -3.09. The number of benzene rings is 2. The molecule has 2 rings (SSSR count). The van der Waals surface area contributed by atoms with Gasteiger partial charge >= 0.3 is 6.03 Å². The summed E-state index contributed by atoms with van der Waals surface area (Å²) in [6, 6.07) is 9.63. The molecule has 3 N–H and O–H groups in total. The minimum absolute atomic E-state index is 0.286. The highest BCUT2D eigenvalue weighted by Gasteiger charge is 2.14. The number of anilines is 2. The molecule has 0 aliphatic heterocycles. The van der Waals surface area contributed by atoms with Gasteiger partial charge in [0.1, 0.15) is 11.6 Å². The fourth-order valence-corrected chi connectivity index (χ4v) is 2.06. The number of carbonyl (C=O) groups is 2. The molecule has 0 aliphatic rings. The number of ether oxygens (including phenoxy) is 1. The lowest BCUT2D eigenvalue weighted by molar-refractivity contribution is 0.0956. The summed E-state index contributed by atoms with van der Waals surface area (Å²) in [4.78, 5) is 24.2. The van der Waals surface area contributed by atoms with E-state index >= 15 is 0 Å². The van der Waals surface area contributed by atoms with E-state index in [2.05, 4.69) is 16.0 Å². The molecule has 0 aliphatic carbocycles. The van der Waals surface area contributed by atoms with E-state index in [4.69, 9.17) is 4.74 Å². The number of hydrogen-bond donors (Lipinski definition) is 3. The summed E-state index contributed by atoms with van der Waals surface area (Å²) in [6.07, 6.45) is 0. The summed E-state index contributed by atoms with van der Waals surface area (Å²) in [6.45, 7) is 2.25. The van der Waals surface area contributed by atoms with Gasteiger partial charge in [-0.2, -0.15) is 0 Å². The number of halogens is 1. The van der Waals surface area contributed by atoms with Gasteiger partial charge in [0.25, 0.3) is 5.91 Å². The molecule has 126 valence electrons. The number of carbonyl (C=O) groups excluding carboxylic acids is 2. The van der Waals surface area contributed by atoms with Gasteiger partial charge < -0.3 is 20.7 Å². The molecule has 7 heteroatoms. The number of nitrogens with one attached hydrogen (secondary N) is 3. The first-order valence-electron chi connectivity index (χ1n) is 7.33. The lowest BCUT2D eigenvalue weighted by Crippen LogP contribution is -2.26. The first-order chi connectivity index (χ1) is 11.5. The molecule has 0 spiro atoms. The molecule has 0 unspecified atom stereocenters. The lowest BCUT2D eigenvalue weighted by Gasteiger charge is -2.13. The summed E-state index contributed by atoms with van der Waals surface area (Å²) in [5, 5.41) is 7.75. The van der Waals surface area contributed by atoms with E-state index in [1.54, 1.807) is 25.1 Å². The van der Waals surface area contributed by atoms with Gasteiger partial charge in [0.05, 0.1) is 18.4 Å². The van der Waals surface area contributed by atoms with Crippen LogP contribution in [0.5, 0.6) is 5.75 Å². The number of urea groups is 1. The Labute approximate surface area is 139 Å². The summed E-state index contributed by atoms with van der Waals surface area (Å²) in [7, 11) is 1.48. The van der Waals surface area contributed by atoms with Crippen molar-refractivity contribution in [1.29, 1.82) is 0 Å². The first kappa shape index (κ1) is 17.3. The Morgan fingerprint density at radius 3 is 2.58 bits per heavy atom. The molecular weight excluding hydrogens is 313 g/mol. The van der Waals surface area contributed by atoms with Crippen molar-refractivity contribution in [2.24, 2.45) is 0 Å². The van der Waals surface area contributed by atoms with Gasteiger partial charge in [0.15, 0.2) is 0 Å². The fourth-order valence-electron chi connectivity index (χ4n) is 2.06. The normalized spacial score (nSPS) is 9.96. The van der Waals surface area contributed by atoms with E-state index in [-0.39, 0.29) is 11.6 Å². The highest BCUT2D eigenvalue weighted by Crippen LogP contribution is 2.23. The second kappa shape index (κ2) is 7.96. The molecular formula is C17H18FN3O3. The molecule has 0 radical (unpaired) electrons. The van der Waals surface area contributed by atoms with Gasteiger partial charge in [-0.05, 0) is 37.3 Å². The van der Waals surface area contributed by atoms with Crippen LogP contribution in [-0.2, 0) is 0 Å². The van der Waals surface area contributed by atoms with E-state index < -0.39 is 11.8 Å². The van der Waals surface area contributed by atoms with Crippen LogP contribution in [0.3, 0.4) is 0 Å². The van der Waals surface area contributed by atoms with Gasteiger partial charge in [0.2, 0.25) is 0 Å². The van der Waals surface area contributed by atoms with Crippen molar-refractivity contribution in [3.63, 3.8) is 0 Å². The van der Waals surface area contributed by atoms with Gasteiger partial charge in [0, 0.05) is 18.3 Å². The Morgan fingerprint density at radius 1 is 1.12 bits per heavy atom. The topological polar surface area (TPSA) is 79.5 Å². The third-order valence-corrected chi connectivity index (χ3v) is 3.14. The maximum Gasteiger partial charge on any atom is 0.323 e. The molecule has 24 heavy (non-hydrogen) atoms. The molecule has 0 bridgehead atoms. The van der Waals surface area contributed by atoms with Gasteiger partial charge in [-0.25, -0.2) is 9.18 Å². The standard InChI is InChI=1S/C17H18FN3O3/c1-3-19-16(22)14-8-7-13(24-2)10-15(14)21-17(23)20-12-6-4-5-11(18)9-12/h4-10H,3H2,1-2H3,(H,19,22)(H2,20,21,23). The van der Waals surface area contributed by atoms with Crippen molar-refractivity contribution in [2.45, 2.75) is 6.92 Å². The molecule has 3 amide bonds. The van der Waals surface area contributed by atoms with Gasteiger partial charge in [-0.3, -0.25) is 4.79 Å². The molecule has 2 aromatic carbocycles. The second-order valence-corrected chi connectivity index (χ2v) is 4.86. The third-order valence-electron chi connectivity index (χ3n) is 3.14. The van der Waals surface area contributed by atoms with E-state index in [0.29, 0.717) is 23.5 Å². The maximum atomic E-state index is 13.2. The van der Waals surface area contributed by atoms with Crippen molar-refractivity contribution in [3.05, 3.63) is 53.8 Å². The Morgan fingerprint density at radius 2 is 1.92 bits per heavy atom. The van der Waals surface area contributed by atoms with Crippen LogP contribution in [0.4, 0.5) is 20.6 Å². The van der Waals surface area contributed by atoms with Crippen molar-refractivity contribution in [1.82, 2.24) is 5.32 Å². The van der Waals surface area contributed by atoms with Crippen molar-refractivity contribution < 1.29 is 18.7 Å². The SMILES string of the molecule is CCNC(=O)c1ccc(OC)cc1NC(=O)Nc1cccc(F)c1. The quantitative estimate of drug-likeness (QED) is 0.787. The van der Waals surface area contributed by atoms with Crippen LogP contribution in [-0.4, -0.2) is 25.6 Å². The molecule has 6 nitrogen and oxygen atoms in total. The fraction of sp³-hybridized carbons (Fsp3) is 0.176. The zero-order valence-corrected chi connectivity index (χ0v) is 13.4. The van der Waals surface area contributed by atoms with E-state index in [0.717, 1.165) is 0 Å². The van der Waals surface area contributed by atoms with Crippen LogP contribution in [0.15, 0.2) is 42.5 Å². The zero-order chi connectivity index (χ0) is 17.5. The smallest absolute Gasteiger partial charge is 0.323 e. The van der Waals surface area contributed by atoms with Crippen molar-refractivity contribution in [2.75, 3.05) is 24.3 Å². The zero-order valence-electron chi connectivity index (χ0n) is 13.4. The minimum atomic E-state index is -0.598. The average molecular weight is 331 g/mol. The van der Waals surface area contributed by atoms with Crippen molar-refractivity contribution in [3.8, 4) is 5.75 Å². The van der Waals surface area contributed by atoms with Crippen LogP contribution in [0.25, 0.3) is 0 Å². The Kier molecular flexibility index (Phi) is 5.73. The minimum Gasteiger partial charge on any atom is -0.497 e. The Bertz CT molecular complexity index is 750. The third kappa shape index (κ3) is 4.45. The van der Waals surface area contributed by atoms with Crippen LogP contribution >= 0.6 is 0 Å². The predicted molar refractivity (Wildman–Crippen MR) is 90.0 cm³/mol. The number of amides is 3. The number of methoxy groups -OCH3 is 1. The van der Waals surface area contributed by atoms with Gasteiger partial charge in [-0.15, -0.1) is 0 Å². The second-order valence-electron chi connectivity index (χ2n) is 4.86. The van der Waals surface area contributed by atoms with Crippen LogP contribution in [0.2, 0.25) is 0 Å². The molecule has 0 saturated heterocycles. The number of rotatable bonds is 5. The average Bonchev–Trinajstić information content (AvgIpc) is 2.54. The lowest BCUT2D eigenvalue weighted by atomic mass is 10.1. The molecule has 0 atom stereocenters. The highest BCUT2D eigenvalue weighted by molar-refractivity contribution is 6.06. The summed E-state index contributed by atoms with van der Waals surface area (Å²) in [5.74, 6) is -0.289. The van der Waals surface area contributed by atoms with Crippen molar-refractivity contribution >= 4 is 23.3 Å². The maximum absolute atomic E-state index is 13.2. The van der Waals surface area contributed by atoms with E-state index in [1.807, 2.05) is 0 Å². The van der Waals surface area contributed by atoms with Crippen LogP contribution < -0.4 is 20.7 Å². The van der Waals surface area contributed by atoms with Crippen LogP contribution in [0, 0.1) is 5.82 Å². The summed E-state index contributed by atoms with van der Waals surface area (Å²) in [5.41, 5.74) is 0.885. The van der Waals surface area contributed by atoms with E-state index in [1.165, 1.54) is 31.4 Å².